The molecule has 4 N–H and O–H groups in total. The largest absolute Gasteiger partial charge is 0.481 e. The van der Waals surface area contributed by atoms with Crippen molar-refractivity contribution in [1.82, 2.24) is 0 Å². The second kappa shape index (κ2) is 4.88. The minimum atomic E-state index is -0.680. The van der Waals surface area contributed by atoms with Crippen LogP contribution in [0.5, 0.6) is 0 Å². The highest BCUT2D eigenvalue weighted by Crippen LogP contribution is 2.46. The monoisotopic (exact) mass is 234 g/mol. The van der Waals surface area contributed by atoms with Gasteiger partial charge in [-0.3, -0.25) is 4.79 Å². The fraction of sp³-hybridized carbons (Fsp3) is 0.500. The van der Waals surface area contributed by atoms with Crippen LogP contribution in [0.4, 0.5) is 0 Å². The summed E-state index contributed by atoms with van der Waals surface area (Å²) in [6.45, 7) is 0.474. The van der Waals surface area contributed by atoms with Crippen LogP contribution < -0.4 is 5.73 Å². The van der Waals surface area contributed by atoms with E-state index in [1.807, 2.05) is 30.3 Å². The molecule has 17 heavy (non-hydrogen) atoms. The summed E-state index contributed by atoms with van der Waals surface area (Å²) in [7, 11) is 0. The van der Waals surface area contributed by atoms with Crippen molar-refractivity contribution in [3.63, 3.8) is 0 Å². The Morgan fingerprint density at radius 2 is 2.06 bits per heavy atom. The molecule has 1 aromatic carbocycles. The fourth-order valence-corrected chi connectivity index (χ4v) is 3.07. The summed E-state index contributed by atoms with van der Waals surface area (Å²) in [5.74, 6) is -0.562. The lowest BCUT2D eigenvalue weighted by Crippen LogP contribution is -2.63. The van der Waals surface area contributed by atoms with Crippen LogP contribution in [-0.2, 0) is 4.79 Å². The van der Waals surface area contributed by atoms with Crippen molar-refractivity contribution in [2.45, 2.75) is 31.6 Å². The van der Waals surface area contributed by atoms with Gasteiger partial charge in [0.1, 0.15) is 5.41 Å². The first-order valence-electron chi connectivity index (χ1n) is 6.28. The number of rotatable bonds is 3. The smallest absolute Gasteiger partial charge is 0.316 e. The standard InChI is InChI=1S/C14H19NO2/c15-10-14(13(16)17)9-5-4-8-12(14)11-6-2-1-3-7-11/h1-3,6-7,12H,4-5,8-10,15H2,(H,16,17)/p+1/t12-,14-/m1/s1. The van der Waals surface area contributed by atoms with E-state index >= 15 is 0 Å². The Labute approximate surface area is 102 Å². The maximum absolute atomic E-state index is 11.7. The van der Waals surface area contributed by atoms with Crippen molar-refractivity contribution in [1.29, 1.82) is 0 Å². The zero-order chi connectivity index (χ0) is 12.3. The van der Waals surface area contributed by atoms with E-state index in [1.54, 1.807) is 0 Å². The van der Waals surface area contributed by atoms with Crippen LogP contribution in [0.2, 0.25) is 0 Å². The van der Waals surface area contributed by atoms with Gasteiger partial charge in [0.05, 0.1) is 6.54 Å². The summed E-state index contributed by atoms with van der Waals surface area (Å²) in [4.78, 5) is 11.7. The molecule has 92 valence electrons. The third-order valence-electron chi connectivity index (χ3n) is 4.11. The Kier molecular flexibility index (Phi) is 3.48. The molecule has 2 rings (SSSR count). The van der Waals surface area contributed by atoms with Gasteiger partial charge in [-0.2, -0.15) is 0 Å². The average Bonchev–Trinajstić information content (AvgIpc) is 2.39. The van der Waals surface area contributed by atoms with Crippen LogP contribution in [-0.4, -0.2) is 17.6 Å². The summed E-state index contributed by atoms with van der Waals surface area (Å²) in [6, 6.07) is 10.0. The van der Waals surface area contributed by atoms with E-state index < -0.39 is 11.4 Å². The Bertz CT molecular complexity index is 390. The van der Waals surface area contributed by atoms with E-state index in [0.717, 1.165) is 31.2 Å². The summed E-state index contributed by atoms with van der Waals surface area (Å²) >= 11 is 0. The molecule has 1 aliphatic rings. The molecule has 2 atom stereocenters. The van der Waals surface area contributed by atoms with Crippen molar-refractivity contribution in [3.8, 4) is 0 Å². The molecule has 1 saturated carbocycles. The minimum Gasteiger partial charge on any atom is -0.481 e. The molecular weight excluding hydrogens is 214 g/mol. The Balaban J connectivity index is 2.38. The van der Waals surface area contributed by atoms with E-state index in [1.165, 1.54) is 0 Å². The molecule has 0 saturated heterocycles. The quantitative estimate of drug-likeness (QED) is 0.835. The van der Waals surface area contributed by atoms with Gasteiger partial charge in [0.15, 0.2) is 0 Å². The molecule has 0 aliphatic heterocycles. The van der Waals surface area contributed by atoms with Gasteiger partial charge in [0, 0.05) is 5.92 Å². The van der Waals surface area contributed by atoms with Gasteiger partial charge in [0.25, 0.3) is 0 Å². The Morgan fingerprint density at radius 3 is 2.65 bits per heavy atom. The molecule has 1 aliphatic carbocycles. The Hall–Kier alpha value is -1.35. The zero-order valence-corrected chi connectivity index (χ0v) is 10.1. The van der Waals surface area contributed by atoms with Crippen molar-refractivity contribution in [3.05, 3.63) is 35.9 Å². The van der Waals surface area contributed by atoms with Crippen LogP contribution in [0.3, 0.4) is 0 Å². The van der Waals surface area contributed by atoms with Crippen LogP contribution in [0.25, 0.3) is 0 Å². The summed E-state index contributed by atoms with van der Waals surface area (Å²) in [6.07, 6.45) is 3.84. The number of benzene rings is 1. The molecule has 3 heteroatoms. The summed E-state index contributed by atoms with van der Waals surface area (Å²) in [5, 5.41) is 9.58. The molecule has 0 unspecified atom stereocenters. The highest BCUT2D eigenvalue weighted by atomic mass is 16.4. The highest BCUT2D eigenvalue weighted by molar-refractivity contribution is 5.76. The molecule has 0 amide bonds. The van der Waals surface area contributed by atoms with E-state index in [0.29, 0.717) is 6.54 Å². The normalized spacial score (nSPS) is 28.9. The van der Waals surface area contributed by atoms with Gasteiger partial charge in [-0.15, -0.1) is 0 Å². The van der Waals surface area contributed by atoms with Crippen molar-refractivity contribution < 1.29 is 15.6 Å². The van der Waals surface area contributed by atoms with Gasteiger partial charge in [0.2, 0.25) is 0 Å². The number of hydrogen-bond donors (Lipinski definition) is 2. The van der Waals surface area contributed by atoms with E-state index in [9.17, 15) is 9.90 Å². The first kappa shape index (κ1) is 12.1. The lowest BCUT2D eigenvalue weighted by atomic mass is 9.63. The van der Waals surface area contributed by atoms with Gasteiger partial charge in [-0.25, -0.2) is 0 Å². The predicted molar refractivity (Wildman–Crippen MR) is 65.5 cm³/mol. The fourth-order valence-electron chi connectivity index (χ4n) is 3.07. The second-order valence-electron chi connectivity index (χ2n) is 4.92. The molecule has 1 fully saturated rings. The molecule has 0 heterocycles. The molecule has 0 spiro atoms. The van der Waals surface area contributed by atoms with Crippen LogP contribution >= 0.6 is 0 Å². The predicted octanol–water partition coefficient (Wildman–Crippen LogP) is 1.66. The number of quaternary nitrogens is 1. The van der Waals surface area contributed by atoms with E-state index in [-0.39, 0.29) is 5.92 Å². The van der Waals surface area contributed by atoms with E-state index in [4.69, 9.17) is 0 Å². The highest BCUT2D eigenvalue weighted by Gasteiger charge is 2.48. The van der Waals surface area contributed by atoms with Crippen molar-refractivity contribution in [2.24, 2.45) is 5.41 Å². The van der Waals surface area contributed by atoms with Crippen LogP contribution in [0.15, 0.2) is 30.3 Å². The Morgan fingerprint density at radius 1 is 1.35 bits per heavy atom. The van der Waals surface area contributed by atoms with Crippen molar-refractivity contribution in [2.75, 3.05) is 6.54 Å². The lowest BCUT2D eigenvalue weighted by molar-refractivity contribution is -0.392. The summed E-state index contributed by atoms with van der Waals surface area (Å²) in [5.41, 5.74) is 4.40. The number of carboxylic acid groups (broad SMARTS) is 1. The van der Waals surface area contributed by atoms with Crippen LogP contribution in [0.1, 0.15) is 37.2 Å². The lowest BCUT2D eigenvalue weighted by Gasteiger charge is -2.38. The van der Waals surface area contributed by atoms with Gasteiger partial charge >= 0.3 is 5.97 Å². The van der Waals surface area contributed by atoms with Crippen LogP contribution in [0, 0.1) is 5.41 Å². The van der Waals surface area contributed by atoms with E-state index in [2.05, 4.69) is 5.73 Å². The third-order valence-corrected chi connectivity index (χ3v) is 4.11. The average molecular weight is 234 g/mol. The number of carboxylic acids is 1. The van der Waals surface area contributed by atoms with Crippen molar-refractivity contribution >= 4 is 5.97 Å². The molecule has 0 radical (unpaired) electrons. The molecule has 3 nitrogen and oxygen atoms in total. The maximum Gasteiger partial charge on any atom is 0.316 e. The third kappa shape index (κ3) is 2.07. The SMILES string of the molecule is [NH3+]C[C@]1(C(=O)O)CCCC[C@@H]1c1ccccc1. The molecule has 0 bridgehead atoms. The van der Waals surface area contributed by atoms with Gasteiger partial charge < -0.3 is 10.8 Å². The molecule has 1 aromatic rings. The minimum absolute atomic E-state index is 0.118. The molecule has 0 aromatic heterocycles. The van der Waals surface area contributed by atoms with Gasteiger partial charge in [-0.1, -0.05) is 43.2 Å². The number of hydrogen-bond acceptors (Lipinski definition) is 1. The van der Waals surface area contributed by atoms with Gasteiger partial charge in [-0.05, 0) is 18.4 Å². The zero-order valence-electron chi connectivity index (χ0n) is 10.1. The second-order valence-corrected chi connectivity index (χ2v) is 4.92. The maximum atomic E-state index is 11.7. The molecular formula is C14H20NO2+. The number of aliphatic carboxylic acids is 1. The first-order valence-corrected chi connectivity index (χ1v) is 6.28. The topological polar surface area (TPSA) is 64.9 Å². The summed E-state index contributed by atoms with van der Waals surface area (Å²) < 4.78 is 0. The first-order chi connectivity index (χ1) is 8.20. The number of carbonyl (C=O) groups is 1.